The van der Waals surface area contributed by atoms with Gasteiger partial charge in [-0.15, -0.1) is 0 Å². The fraction of sp³-hybridized carbons (Fsp3) is 0.0698. The highest BCUT2D eigenvalue weighted by atomic mass is 28.3. The van der Waals surface area contributed by atoms with Crippen molar-refractivity contribution in [3.63, 3.8) is 0 Å². The molecule has 1 heterocycles. The topological polar surface area (TPSA) is 13.1 Å². The molecule has 0 spiro atoms. The summed E-state index contributed by atoms with van der Waals surface area (Å²) in [5, 5.41) is 6.31. The van der Waals surface area contributed by atoms with Gasteiger partial charge in [0.15, 0.2) is 0 Å². The van der Waals surface area contributed by atoms with Crippen molar-refractivity contribution in [3.05, 3.63) is 152 Å². The summed E-state index contributed by atoms with van der Waals surface area (Å²) in [5.74, 6) is 0. The largest absolute Gasteiger partial charge is 0.456 e. The lowest BCUT2D eigenvalue weighted by molar-refractivity contribution is 0.669. The summed E-state index contributed by atoms with van der Waals surface area (Å²) in [5.41, 5.74) is 11.7. The van der Waals surface area contributed by atoms with Gasteiger partial charge >= 0.3 is 0 Å². The Morgan fingerprint density at radius 3 is 1.29 bits per heavy atom. The number of para-hydroxylation sites is 1. The van der Waals surface area contributed by atoms with E-state index in [0.29, 0.717) is 0 Å². The monoisotopic (exact) mass is 594 g/mol. The van der Waals surface area contributed by atoms with Crippen molar-refractivity contribution in [2.45, 2.75) is 19.6 Å². The van der Waals surface area contributed by atoms with Gasteiger partial charge in [-0.25, -0.2) is 0 Å². The van der Waals surface area contributed by atoms with Crippen LogP contribution in [0.15, 0.2) is 156 Å². The second kappa shape index (κ2) is 10.8. The molecular weight excluding hydrogens is 561 g/mol. The molecule has 8 rings (SSSR count). The lowest BCUT2D eigenvalue weighted by Crippen LogP contribution is -2.37. The van der Waals surface area contributed by atoms with E-state index < -0.39 is 8.07 Å². The summed E-state index contributed by atoms with van der Waals surface area (Å²) in [4.78, 5) is 0. The highest BCUT2D eigenvalue weighted by Gasteiger charge is 2.16. The number of rotatable bonds is 5. The van der Waals surface area contributed by atoms with E-state index in [-0.39, 0.29) is 0 Å². The van der Waals surface area contributed by atoms with E-state index in [4.69, 9.17) is 4.42 Å². The van der Waals surface area contributed by atoms with E-state index in [0.717, 1.165) is 21.9 Å². The van der Waals surface area contributed by atoms with Gasteiger partial charge in [0.05, 0.1) is 8.07 Å². The molecule has 216 valence electrons. The van der Waals surface area contributed by atoms with Crippen molar-refractivity contribution in [1.82, 2.24) is 0 Å². The second-order valence-corrected chi connectivity index (χ2v) is 18.1. The van der Waals surface area contributed by atoms with Crippen LogP contribution in [0.1, 0.15) is 0 Å². The van der Waals surface area contributed by atoms with Gasteiger partial charge in [-0.1, -0.05) is 146 Å². The number of benzene rings is 7. The minimum absolute atomic E-state index is 0.927. The Labute approximate surface area is 265 Å². The fourth-order valence-corrected chi connectivity index (χ4v) is 7.55. The van der Waals surface area contributed by atoms with Crippen molar-refractivity contribution in [2.75, 3.05) is 0 Å². The van der Waals surface area contributed by atoms with Gasteiger partial charge in [-0.2, -0.15) is 0 Å². The zero-order chi connectivity index (χ0) is 30.5. The predicted molar refractivity (Wildman–Crippen MR) is 196 cm³/mol. The maximum atomic E-state index is 6.02. The Balaban J connectivity index is 1.02. The first-order chi connectivity index (χ1) is 21.9. The van der Waals surface area contributed by atoms with Crippen LogP contribution in [0.5, 0.6) is 0 Å². The molecule has 0 bridgehead atoms. The van der Waals surface area contributed by atoms with Crippen LogP contribution in [0, 0.1) is 0 Å². The average molecular weight is 595 g/mol. The first-order valence-electron chi connectivity index (χ1n) is 15.7. The molecule has 0 saturated carbocycles. The number of hydrogen-bond donors (Lipinski definition) is 0. The van der Waals surface area contributed by atoms with Crippen LogP contribution in [-0.4, -0.2) is 8.07 Å². The molecule has 0 atom stereocenters. The number of hydrogen-bond acceptors (Lipinski definition) is 1. The molecule has 0 N–H and O–H groups in total. The van der Waals surface area contributed by atoms with Crippen molar-refractivity contribution >= 4 is 46.0 Å². The minimum Gasteiger partial charge on any atom is -0.456 e. The molecule has 0 unspecified atom stereocenters. The summed E-state index contributed by atoms with van der Waals surface area (Å²) in [6.07, 6.45) is 0. The molecule has 0 saturated heterocycles. The highest BCUT2D eigenvalue weighted by molar-refractivity contribution is 6.88. The molecule has 45 heavy (non-hydrogen) atoms. The second-order valence-electron chi connectivity index (χ2n) is 13.1. The van der Waals surface area contributed by atoms with Gasteiger partial charge in [0, 0.05) is 10.8 Å². The SMILES string of the molecule is C[Si](C)(C)c1ccc(-c2ccc(-c3ccc4cc(-c5ccc(-c6ccc7oc8ccccc8c7c6)cc5)ccc4c3)cc2)cc1. The summed E-state index contributed by atoms with van der Waals surface area (Å²) in [6, 6.07) is 55.3. The molecule has 0 radical (unpaired) electrons. The number of furan rings is 1. The van der Waals surface area contributed by atoms with Crippen molar-refractivity contribution in [2.24, 2.45) is 0 Å². The van der Waals surface area contributed by atoms with Crippen molar-refractivity contribution in [1.29, 1.82) is 0 Å². The molecule has 0 aliphatic heterocycles. The zero-order valence-corrected chi connectivity index (χ0v) is 26.8. The molecule has 1 nitrogen and oxygen atoms in total. The Hall–Kier alpha value is -5.18. The minimum atomic E-state index is -1.29. The van der Waals surface area contributed by atoms with Crippen LogP contribution >= 0.6 is 0 Å². The normalized spacial score (nSPS) is 11.9. The third-order valence-electron chi connectivity index (χ3n) is 9.07. The van der Waals surface area contributed by atoms with Gasteiger partial charge in [-0.3, -0.25) is 0 Å². The van der Waals surface area contributed by atoms with Crippen molar-refractivity contribution in [3.8, 4) is 44.5 Å². The first kappa shape index (κ1) is 27.4. The van der Waals surface area contributed by atoms with Gasteiger partial charge in [0.2, 0.25) is 0 Å². The smallest absolute Gasteiger partial charge is 0.135 e. The van der Waals surface area contributed by atoms with E-state index in [1.807, 2.05) is 12.1 Å². The molecule has 7 aromatic carbocycles. The Morgan fingerprint density at radius 2 is 0.756 bits per heavy atom. The summed E-state index contributed by atoms with van der Waals surface area (Å²) >= 11 is 0. The summed E-state index contributed by atoms with van der Waals surface area (Å²) < 4.78 is 6.02. The Kier molecular flexibility index (Phi) is 6.55. The van der Waals surface area contributed by atoms with Crippen LogP contribution in [0.25, 0.3) is 77.2 Å². The van der Waals surface area contributed by atoms with Gasteiger partial charge < -0.3 is 4.42 Å². The highest BCUT2D eigenvalue weighted by Crippen LogP contribution is 2.34. The maximum Gasteiger partial charge on any atom is 0.135 e. The molecule has 0 aliphatic carbocycles. The lowest BCUT2D eigenvalue weighted by atomic mass is 9.95. The van der Waals surface area contributed by atoms with E-state index in [1.54, 1.807) is 0 Å². The van der Waals surface area contributed by atoms with Gasteiger partial charge in [0.25, 0.3) is 0 Å². The third-order valence-corrected chi connectivity index (χ3v) is 11.1. The lowest BCUT2D eigenvalue weighted by Gasteiger charge is -2.16. The van der Waals surface area contributed by atoms with Crippen LogP contribution in [-0.2, 0) is 0 Å². The van der Waals surface area contributed by atoms with E-state index in [2.05, 4.69) is 159 Å². The van der Waals surface area contributed by atoms with Crippen LogP contribution in [0.4, 0.5) is 0 Å². The molecule has 1 aromatic heterocycles. The molecule has 0 amide bonds. The summed E-state index contributed by atoms with van der Waals surface area (Å²) in [6.45, 7) is 7.18. The standard InChI is InChI=1S/C43H34OSi/c1-45(2,3)39-23-20-30(21-24-39)29-8-10-31(11-9-29)34-16-18-37-27-35(17-19-36(37)26-34)32-12-14-33(15-13-32)38-22-25-43-41(28-38)40-6-4-5-7-42(40)44-43/h4-28H,1-3H3. The number of fused-ring (bicyclic) bond motifs is 4. The molecular formula is C43H34OSi. The van der Waals surface area contributed by atoms with E-state index in [1.165, 1.54) is 60.5 Å². The molecule has 2 heteroatoms. The zero-order valence-electron chi connectivity index (χ0n) is 25.8. The van der Waals surface area contributed by atoms with Crippen LogP contribution in [0.3, 0.4) is 0 Å². The fourth-order valence-electron chi connectivity index (χ4n) is 6.38. The Bertz CT molecular complexity index is 2320. The third kappa shape index (κ3) is 5.18. The van der Waals surface area contributed by atoms with Gasteiger partial charge in [-0.05, 0) is 85.6 Å². The average Bonchev–Trinajstić information content (AvgIpc) is 3.46. The van der Waals surface area contributed by atoms with E-state index >= 15 is 0 Å². The molecule has 8 aromatic rings. The van der Waals surface area contributed by atoms with E-state index in [9.17, 15) is 0 Å². The maximum absolute atomic E-state index is 6.02. The Morgan fingerprint density at radius 1 is 0.356 bits per heavy atom. The van der Waals surface area contributed by atoms with Crippen LogP contribution in [0.2, 0.25) is 19.6 Å². The quantitative estimate of drug-likeness (QED) is 0.181. The first-order valence-corrected chi connectivity index (χ1v) is 19.2. The van der Waals surface area contributed by atoms with Gasteiger partial charge in [0.1, 0.15) is 11.2 Å². The van der Waals surface area contributed by atoms with Crippen molar-refractivity contribution < 1.29 is 4.42 Å². The molecule has 0 aliphatic rings. The van der Waals surface area contributed by atoms with Crippen LogP contribution < -0.4 is 5.19 Å². The molecule has 0 fully saturated rings. The predicted octanol–water partition coefficient (Wildman–Crippen LogP) is 12.0. The summed E-state index contributed by atoms with van der Waals surface area (Å²) in [7, 11) is -1.29.